The van der Waals surface area contributed by atoms with Crippen LogP contribution in [0.3, 0.4) is 0 Å². The number of hydrogen-bond acceptors (Lipinski definition) is 6. The predicted molar refractivity (Wildman–Crippen MR) is 44.6 cm³/mol. The lowest BCUT2D eigenvalue weighted by atomic mass is 10.4. The van der Waals surface area contributed by atoms with Crippen molar-refractivity contribution in [3.8, 4) is 0 Å². The first-order valence-corrected chi connectivity index (χ1v) is 3.72. The molecule has 0 aromatic carbocycles. The summed E-state index contributed by atoms with van der Waals surface area (Å²) in [4.78, 5) is 29.2. The summed E-state index contributed by atoms with van der Waals surface area (Å²) < 4.78 is 8.36. The predicted octanol–water partition coefficient (Wildman–Crippen LogP) is 0.708. The molecular formula is C8H8N2O4. The molecule has 0 amide bonds. The molecule has 0 aliphatic rings. The average Bonchev–Trinajstić information content (AvgIpc) is 2.18. The Kier molecular flexibility index (Phi) is 3.11. The summed E-state index contributed by atoms with van der Waals surface area (Å²) in [7, 11) is 1.11. The number of hydrogen-bond donors (Lipinski definition) is 0. The van der Waals surface area contributed by atoms with Gasteiger partial charge < -0.3 is 9.47 Å². The van der Waals surface area contributed by atoms with Gasteiger partial charge in [-0.25, -0.2) is 14.6 Å². The molecule has 14 heavy (non-hydrogen) atoms. The van der Waals surface area contributed by atoms with E-state index < -0.39 is 12.1 Å². The molecule has 74 valence electrons. The molecule has 0 N–H and O–H groups in total. The van der Waals surface area contributed by atoms with Crippen LogP contribution in [0.25, 0.3) is 0 Å². The highest BCUT2D eigenvalue weighted by atomic mass is 16.7. The SMILES string of the molecule is COC(=O)OC(=O)c1cnc(C)cn1. The fourth-order valence-electron chi connectivity index (χ4n) is 0.668. The smallest absolute Gasteiger partial charge is 0.437 e. The Morgan fingerprint density at radius 1 is 1.29 bits per heavy atom. The number of methoxy groups -OCH3 is 1. The molecule has 0 saturated carbocycles. The van der Waals surface area contributed by atoms with Crippen molar-refractivity contribution in [1.82, 2.24) is 9.97 Å². The Labute approximate surface area is 79.9 Å². The molecule has 0 aliphatic heterocycles. The molecule has 0 radical (unpaired) electrons. The zero-order valence-corrected chi connectivity index (χ0v) is 7.68. The maximum Gasteiger partial charge on any atom is 0.516 e. The molecule has 1 aromatic rings. The highest BCUT2D eigenvalue weighted by Gasteiger charge is 2.14. The number of rotatable bonds is 1. The van der Waals surface area contributed by atoms with Gasteiger partial charge in [-0.1, -0.05) is 0 Å². The van der Waals surface area contributed by atoms with Crippen LogP contribution in [0.4, 0.5) is 4.79 Å². The van der Waals surface area contributed by atoms with Gasteiger partial charge in [0.25, 0.3) is 0 Å². The van der Waals surface area contributed by atoms with E-state index in [1.807, 2.05) is 0 Å². The lowest BCUT2D eigenvalue weighted by molar-refractivity contribution is 0.0445. The third-order valence-electron chi connectivity index (χ3n) is 1.33. The molecule has 0 saturated heterocycles. The highest BCUT2D eigenvalue weighted by molar-refractivity contribution is 5.93. The van der Waals surface area contributed by atoms with Crippen LogP contribution in [0.15, 0.2) is 12.4 Å². The highest BCUT2D eigenvalue weighted by Crippen LogP contribution is 1.97. The van der Waals surface area contributed by atoms with E-state index in [1.165, 1.54) is 12.4 Å². The molecule has 0 fully saturated rings. The fourth-order valence-corrected chi connectivity index (χ4v) is 0.668. The van der Waals surface area contributed by atoms with E-state index in [2.05, 4.69) is 19.4 Å². The maximum atomic E-state index is 11.1. The van der Waals surface area contributed by atoms with Gasteiger partial charge >= 0.3 is 12.1 Å². The number of carbonyl (C=O) groups excluding carboxylic acids is 2. The first-order valence-electron chi connectivity index (χ1n) is 3.72. The third-order valence-corrected chi connectivity index (χ3v) is 1.33. The van der Waals surface area contributed by atoms with Gasteiger partial charge in [-0.05, 0) is 6.92 Å². The fraction of sp³-hybridized carbons (Fsp3) is 0.250. The standard InChI is InChI=1S/C8H8N2O4/c1-5-3-10-6(4-9-5)7(11)14-8(12)13-2/h3-4H,1-2H3. The molecule has 0 atom stereocenters. The van der Waals surface area contributed by atoms with E-state index in [-0.39, 0.29) is 5.69 Å². The first kappa shape index (κ1) is 10.1. The van der Waals surface area contributed by atoms with Gasteiger partial charge in [0, 0.05) is 6.20 Å². The molecule has 0 aliphatic carbocycles. The van der Waals surface area contributed by atoms with E-state index in [0.29, 0.717) is 5.69 Å². The van der Waals surface area contributed by atoms with Crippen LogP contribution in [0.5, 0.6) is 0 Å². The Morgan fingerprint density at radius 3 is 2.50 bits per heavy atom. The Hall–Kier alpha value is -1.98. The van der Waals surface area contributed by atoms with Crippen LogP contribution in [0, 0.1) is 6.92 Å². The molecule has 0 spiro atoms. The number of aryl methyl sites for hydroxylation is 1. The minimum absolute atomic E-state index is 0.0407. The average molecular weight is 196 g/mol. The van der Waals surface area contributed by atoms with Crippen molar-refractivity contribution in [2.24, 2.45) is 0 Å². The minimum atomic E-state index is -1.07. The van der Waals surface area contributed by atoms with Crippen molar-refractivity contribution in [3.63, 3.8) is 0 Å². The van der Waals surface area contributed by atoms with Crippen LogP contribution in [0.2, 0.25) is 0 Å². The van der Waals surface area contributed by atoms with Crippen LogP contribution in [-0.2, 0) is 9.47 Å². The summed E-state index contributed by atoms with van der Waals surface area (Å²) in [5.74, 6) is -0.885. The molecule has 6 heteroatoms. The van der Waals surface area contributed by atoms with Crippen molar-refractivity contribution in [3.05, 3.63) is 23.8 Å². The summed E-state index contributed by atoms with van der Waals surface area (Å²) in [6.45, 7) is 1.72. The Bertz CT molecular complexity index is 347. The second-order valence-corrected chi connectivity index (χ2v) is 2.39. The number of carbonyl (C=O) groups is 2. The molecule has 6 nitrogen and oxygen atoms in total. The molecule has 0 unspecified atom stereocenters. The molecule has 0 bridgehead atoms. The molecule has 1 rings (SSSR count). The lowest BCUT2D eigenvalue weighted by Crippen LogP contribution is -2.13. The second-order valence-electron chi connectivity index (χ2n) is 2.39. The summed E-state index contributed by atoms with van der Waals surface area (Å²) in [6, 6.07) is 0. The molecular weight excluding hydrogens is 188 g/mol. The molecule has 1 aromatic heterocycles. The van der Waals surface area contributed by atoms with Crippen LogP contribution >= 0.6 is 0 Å². The van der Waals surface area contributed by atoms with Crippen molar-refractivity contribution in [2.45, 2.75) is 6.92 Å². The number of ether oxygens (including phenoxy) is 2. The summed E-state index contributed by atoms with van der Waals surface area (Å²) in [6.07, 6.45) is 1.55. The van der Waals surface area contributed by atoms with E-state index in [0.717, 1.165) is 7.11 Å². The topological polar surface area (TPSA) is 78.4 Å². The van der Waals surface area contributed by atoms with Gasteiger partial charge in [-0.15, -0.1) is 0 Å². The Balaban J connectivity index is 2.70. The summed E-state index contributed by atoms with van der Waals surface area (Å²) in [5.41, 5.74) is 0.626. The van der Waals surface area contributed by atoms with Gasteiger partial charge in [-0.3, -0.25) is 4.98 Å². The molecule has 1 heterocycles. The van der Waals surface area contributed by atoms with Crippen LogP contribution in [-0.4, -0.2) is 29.2 Å². The zero-order valence-electron chi connectivity index (χ0n) is 7.68. The van der Waals surface area contributed by atoms with E-state index in [9.17, 15) is 9.59 Å². The van der Waals surface area contributed by atoms with Gasteiger partial charge in [0.1, 0.15) is 0 Å². The van der Waals surface area contributed by atoms with Crippen molar-refractivity contribution >= 4 is 12.1 Å². The lowest BCUT2D eigenvalue weighted by Gasteiger charge is -1.99. The minimum Gasteiger partial charge on any atom is -0.437 e. The maximum absolute atomic E-state index is 11.1. The summed E-state index contributed by atoms with van der Waals surface area (Å²) >= 11 is 0. The van der Waals surface area contributed by atoms with Gasteiger partial charge in [0.15, 0.2) is 5.69 Å². The van der Waals surface area contributed by atoms with Crippen molar-refractivity contribution in [2.75, 3.05) is 7.11 Å². The summed E-state index contributed by atoms with van der Waals surface area (Å²) in [5, 5.41) is 0. The normalized spacial score (nSPS) is 9.29. The van der Waals surface area contributed by atoms with Crippen LogP contribution in [0.1, 0.15) is 16.2 Å². The number of nitrogens with zero attached hydrogens (tertiary/aromatic N) is 2. The zero-order chi connectivity index (χ0) is 10.6. The van der Waals surface area contributed by atoms with Gasteiger partial charge in [0.2, 0.25) is 0 Å². The monoisotopic (exact) mass is 196 g/mol. The second kappa shape index (κ2) is 4.31. The van der Waals surface area contributed by atoms with Crippen LogP contribution < -0.4 is 0 Å². The quantitative estimate of drug-likeness (QED) is 0.486. The van der Waals surface area contributed by atoms with E-state index >= 15 is 0 Å². The number of aromatic nitrogens is 2. The van der Waals surface area contributed by atoms with Crippen molar-refractivity contribution in [1.29, 1.82) is 0 Å². The van der Waals surface area contributed by atoms with Crippen molar-refractivity contribution < 1.29 is 19.1 Å². The first-order chi connectivity index (χ1) is 6.63. The largest absolute Gasteiger partial charge is 0.516 e. The number of esters is 1. The van der Waals surface area contributed by atoms with E-state index in [1.54, 1.807) is 6.92 Å². The Morgan fingerprint density at radius 2 is 2.00 bits per heavy atom. The van der Waals surface area contributed by atoms with Gasteiger partial charge in [-0.2, -0.15) is 0 Å². The van der Waals surface area contributed by atoms with E-state index in [4.69, 9.17) is 0 Å². The third kappa shape index (κ3) is 2.51. The van der Waals surface area contributed by atoms with Gasteiger partial charge in [0.05, 0.1) is 19.0 Å².